The van der Waals surface area contributed by atoms with E-state index in [1.54, 1.807) is 0 Å². The molecule has 0 saturated carbocycles. The number of aliphatic carboxylic acids is 1. The van der Waals surface area contributed by atoms with E-state index in [-0.39, 0.29) is 13.2 Å². The first kappa shape index (κ1) is 11.9. The van der Waals surface area contributed by atoms with Gasteiger partial charge in [0.2, 0.25) is 0 Å². The van der Waals surface area contributed by atoms with Gasteiger partial charge in [0, 0.05) is 0 Å². The van der Waals surface area contributed by atoms with Crippen LogP contribution in [0.2, 0.25) is 0 Å². The molecule has 0 amide bonds. The molecular formula is C7H14N2O4. The molecule has 2 atom stereocenters. The second kappa shape index (κ2) is 6.41. The van der Waals surface area contributed by atoms with Crippen LogP contribution in [0.3, 0.4) is 0 Å². The summed E-state index contributed by atoms with van der Waals surface area (Å²) in [6.45, 7) is -0.0574. The number of hydrogen-bond acceptors (Lipinski definition) is 5. The second-order valence-corrected chi connectivity index (χ2v) is 2.47. The van der Waals surface area contributed by atoms with Crippen molar-refractivity contribution in [2.24, 2.45) is 11.5 Å². The Bertz CT molecular complexity index is 183. The molecule has 6 heteroatoms. The SMILES string of the molecule is N[C@H](CO)CO/C=C\[C@H](N)C(=O)O. The van der Waals surface area contributed by atoms with E-state index in [4.69, 9.17) is 26.4 Å². The van der Waals surface area contributed by atoms with Gasteiger partial charge in [-0.05, 0) is 6.08 Å². The number of carboxylic acids is 1. The summed E-state index contributed by atoms with van der Waals surface area (Å²) in [7, 11) is 0. The molecule has 0 radical (unpaired) electrons. The minimum absolute atomic E-state index is 0.124. The molecule has 0 aliphatic heterocycles. The lowest BCUT2D eigenvalue weighted by atomic mass is 10.3. The molecule has 0 bridgehead atoms. The molecule has 0 spiro atoms. The number of aliphatic hydroxyl groups is 1. The van der Waals surface area contributed by atoms with E-state index in [2.05, 4.69) is 0 Å². The molecule has 0 aliphatic carbocycles. The third kappa shape index (κ3) is 6.09. The van der Waals surface area contributed by atoms with Crippen molar-refractivity contribution in [3.63, 3.8) is 0 Å². The van der Waals surface area contributed by atoms with E-state index in [0.29, 0.717) is 0 Å². The summed E-state index contributed by atoms with van der Waals surface area (Å²) < 4.78 is 4.80. The van der Waals surface area contributed by atoms with Crippen LogP contribution in [0.1, 0.15) is 0 Å². The Morgan fingerprint density at radius 2 is 2.15 bits per heavy atom. The zero-order valence-electron chi connectivity index (χ0n) is 7.09. The van der Waals surface area contributed by atoms with Gasteiger partial charge in [-0.25, -0.2) is 0 Å². The average Bonchev–Trinajstić information content (AvgIpc) is 2.11. The van der Waals surface area contributed by atoms with Crippen LogP contribution >= 0.6 is 0 Å². The number of ether oxygens (including phenoxy) is 1. The maximum Gasteiger partial charge on any atom is 0.324 e. The standard InChI is InChI=1S/C7H14N2O4/c8-5(3-10)4-13-2-1-6(9)7(11)12/h1-2,5-6,10H,3-4,8-9H2,(H,11,12)/b2-1-/t5-,6+/m1/s1. The van der Waals surface area contributed by atoms with Crippen LogP contribution in [0.25, 0.3) is 0 Å². The fourth-order valence-electron chi connectivity index (χ4n) is 0.454. The highest BCUT2D eigenvalue weighted by Gasteiger charge is 2.05. The molecule has 0 unspecified atom stereocenters. The number of rotatable bonds is 6. The molecule has 0 saturated heterocycles. The number of carboxylic acid groups (broad SMARTS) is 1. The summed E-state index contributed by atoms with van der Waals surface area (Å²) in [6.07, 6.45) is 2.35. The highest BCUT2D eigenvalue weighted by Crippen LogP contribution is 1.86. The smallest absolute Gasteiger partial charge is 0.324 e. The van der Waals surface area contributed by atoms with E-state index >= 15 is 0 Å². The van der Waals surface area contributed by atoms with E-state index < -0.39 is 18.1 Å². The van der Waals surface area contributed by atoms with Crippen molar-refractivity contribution < 1.29 is 19.7 Å². The number of aliphatic hydroxyl groups excluding tert-OH is 1. The Morgan fingerprint density at radius 1 is 1.54 bits per heavy atom. The van der Waals surface area contributed by atoms with Gasteiger partial charge in [0.15, 0.2) is 0 Å². The van der Waals surface area contributed by atoms with E-state index in [1.807, 2.05) is 0 Å². The number of carbonyl (C=O) groups is 1. The maximum atomic E-state index is 10.2. The van der Waals surface area contributed by atoms with Gasteiger partial charge in [0.1, 0.15) is 12.6 Å². The first-order valence-electron chi connectivity index (χ1n) is 3.71. The molecule has 0 aromatic carbocycles. The molecule has 6 nitrogen and oxygen atoms in total. The Balaban J connectivity index is 3.57. The fourth-order valence-corrected chi connectivity index (χ4v) is 0.454. The average molecular weight is 190 g/mol. The topological polar surface area (TPSA) is 119 Å². The van der Waals surface area contributed by atoms with E-state index in [9.17, 15) is 4.79 Å². The largest absolute Gasteiger partial charge is 0.500 e. The lowest BCUT2D eigenvalue weighted by Crippen LogP contribution is -2.30. The van der Waals surface area contributed by atoms with Gasteiger partial charge < -0.3 is 26.4 Å². The fraction of sp³-hybridized carbons (Fsp3) is 0.571. The third-order valence-electron chi connectivity index (χ3n) is 1.21. The Morgan fingerprint density at radius 3 is 2.62 bits per heavy atom. The lowest BCUT2D eigenvalue weighted by molar-refractivity contribution is -0.137. The molecule has 0 rings (SSSR count). The molecule has 0 aromatic heterocycles. The van der Waals surface area contributed by atoms with Crippen molar-refractivity contribution in [3.05, 3.63) is 12.3 Å². The number of nitrogens with two attached hydrogens (primary N) is 2. The molecule has 13 heavy (non-hydrogen) atoms. The van der Waals surface area contributed by atoms with Crippen LogP contribution in [0.4, 0.5) is 0 Å². The predicted molar refractivity (Wildman–Crippen MR) is 45.8 cm³/mol. The van der Waals surface area contributed by atoms with Gasteiger partial charge in [-0.15, -0.1) is 0 Å². The Kier molecular flexibility index (Phi) is 5.86. The highest BCUT2D eigenvalue weighted by atomic mass is 16.5. The quantitative estimate of drug-likeness (QED) is 0.369. The summed E-state index contributed by atoms with van der Waals surface area (Å²) in [5.74, 6) is -1.13. The third-order valence-corrected chi connectivity index (χ3v) is 1.21. The summed E-state index contributed by atoms with van der Waals surface area (Å²) in [6, 6.07) is -1.55. The summed E-state index contributed by atoms with van der Waals surface area (Å²) >= 11 is 0. The van der Waals surface area contributed by atoms with Crippen molar-refractivity contribution in [3.8, 4) is 0 Å². The van der Waals surface area contributed by atoms with Gasteiger partial charge in [-0.3, -0.25) is 4.79 Å². The van der Waals surface area contributed by atoms with Crippen LogP contribution in [0.15, 0.2) is 12.3 Å². The first-order chi connectivity index (χ1) is 6.07. The highest BCUT2D eigenvalue weighted by molar-refractivity contribution is 5.75. The minimum Gasteiger partial charge on any atom is -0.500 e. The van der Waals surface area contributed by atoms with Gasteiger partial charge in [0.05, 0.1) is 18.9 Å². The molecule has 6 N–H and O–H groups in total. The Hall–Kier alpha value is -1.11. The van der Waals surface area contributed by atoms with Crippen molar-refractivity contribution in [2.75, 3.05) is 13.2 Å². The lowest BCUT2D eigenvalue weighted by Gasteiger charge is -2.06. The molecular weight excluding hydrogens is 176 g/mol. The van der Waals surface area contributed by atoms with Crippen LogP contribution in [-0.2, 0) is 9.53 Å². The van der Waals surface area contributed by atoms with E-state index in [0.717, 1.165) is 6.26 Å². The molecule has 0 heterocycles. The van der Waals surface area contributed by atoms with Crippen molar-refractivity contribution in [1.29, 1.82) is 0 Å². The summed E-state index contributed by atoms with van der Waals surface area (Å²) in [4.78, 5) is 10.2. The maximum absolute atomic E-state index is 10.2. The van der Waals surface area contributed by atoms with Crippen molar-refractivity contribution in [2.45, 2.75) is 12.1 Å². The molecule has 76 valence electrons. The summed E-state index contributed by atoms with van der Waals surface area (Å²) in [5.41, 5.74) is 10.4. The van der Waals surface area contributed by atoms with Gasteiger partial charge >= 0.3 is 5.97 Å². The Labute approximate surface area is 75.8 Å². The van der Waals surface area contributed by atoms with Crippen molar-refractivity contribution in [1.82, 2.24) is 0 Å². The van der Waals surface area contributed by atoms with Crippen molar-refractivity contribution >= 4 is 5.97 Å². The van der Waals surface area contributed by atoms with Crippen LogP contribution in [-0.4, -0.2) is 41.5 Å². The summed E-state index contributed by atoms with van der Waals surface area (Å²) in [5, 5.41) is 16.8. The van der Waals surface area contributed by atoms with Crippen LogP contribution in [0.5, 0.6) is 0 Å². The number of hydrogen-bond donors (Lipinski definition) is 4. The van der Waals surface area contributed by atoms with Crippen LogP contribution in [0, 0.1) is 0 Å². The van der Waals surface area contributed by atoms with Gasteiger partial charge in [0.25, 0.3) is 0 Å². The van der Waals surface area contributed by atoms with Gasteiger partial charge in [-0.2, -0.15) is 0 Å². The molecule has 0 aromatic rings. The normalized spacial score (nSPS) is 15.6. The van der Waals surface area contributed by atoms with Crippen LogP contribution < -0.4 is 11.5 Å². The zero-order valence-corrected chi connectivity index (χ0v) is 7.09. The minimum atomic E-state index is -1.13. The van der Waals surface area contributed by atoms with E-state index in [1.165, 1.54) is 6.08 Å². The first-order valence-corrected chi connectivity index (χ1v) is 3.71. The zero-order chi connectivity index (χ0) is 10.3. The molecule has 0 fully saturated rings. The van der Waals surface area contributed by atoms with Gasteiger partial charge in [-0.1, -0.05) is 0 Å². The predicted octanol–water partition coefficient (Wildman–Crippen LogP) is -1.75. The monoisotopic (exact) mass is 190 g/mol. The second-order valence-electron chi connectivity index (χ2n) is 2.47. The molecule has 0 aliphatic rings.